The summed E-state index contributed by atoms with van der Waals surface area (Å²) in [5.74, 6) is -0.108. The Morgan fingerprint density at radius 3 is 3.05 bits per heavy atom. The zero-order valence-electron chi connectivity index (χ0n) is 10.9. The van der Waals surface area contributed by atoms with Crippen LogP contribution in [0.2, 0.25) is 0 Å². The van der Waals surface area contributed by atoms with Gasteiger partial charge in [0.2, 0.25) is 5.82 Å². The van der Waals surface area contributed by atoms with Gasteiger partial charge in [0, 0.05) is 13.6 Å². The minimum Gasteiger partial charge on any atom is -0.464 e. The number of aryl methyl sites for hydroxylation is 1. The van der Waals surface area contributed by atoms with Crippen molar-refractivity contribution in [1.29, 1.82) is 0 Å². The molecule has 0 N–H and O–H groups in total. The molecule has 1 aliphatic heterocycles. The lowest BCUT2D eigenvalue weighted by Crippen LogP contribution is -2.38. The van der Waals surface area contributed by atoms with Crippen molar-refractivity contribution in [1.82, 2.24) is 9.78 Å². The minimum absolute atomic E-state index is 0.0845. The summed E-state index contributed by atoms with van der Waals surface area (Å²) < 4.78 is 6.38. The molecule has 19 heavy (non-hydrogen) atoms. The quantitative estimate of drug-likeness (QED) is 0.457. The zero-order chi connectivity index (χ0) is 14.0. The van der Waals surface area contributed by atoms with Crippen LogP contribution in [0, 0.1) is 10.1 Å². The highest BCUT2D eigenvalue weighted by molar-refractivity contribution is 5.81. The van der Waals surface area contributed by atoms with Crippen molar-refractivity contribution in [2.45, 2.75) is 25.8 Å². The monoisotopic (exact) mass is 268 g/mol. The van der Waals surface area contributed by atoms with Gasteiger partial charge in [-0.3, -0.25) is 14.8 Å². The maximum atomic E-state index is 11.8. The molecule has 104 valence electrons. The van der Waals surface area contributed by atoms with Crippen LogP contribution in [0.15, 0.2) is 6.20 Å². The van der Waals surface area contributed by atoms with Crippen LogP contribution in [0.25, 0.3) is 0 Å². The number of hydrogen-bond acceptors (Lipinski definition) is 6. The van der Waals surface area contributed by atoms with Gasteiger partial charge in [-0.2, -0.15) is 0 Å². The molecule has 2 rings (SSSR count). The molecule has 0 radical (unpaired) electrons. The molecule has 1 aromatic heterocycles. The molecule has 1 saturated heterocycles. The second kappa shape index (κ2) is 5.25. The first kappa shape index (κ1) is 13.3. The molecule has 2 heterocycles. The van der Waals surface area contributed by atoms with Gasteiger partial charge in [0.05, 0.1) is 11.5 Å². The third-order valence-electron chi connectivity index (χ3n) is 3.07. The van der Waals surface area contributed by atoms with E-state index in [4.69, 9.17) is 4.74 Å². The Balaban J connectivity index is 2.29. The molecule has 0 aromatic carbocycles. The number of carbonyl (C=O) groups excluding carboxylic acids is 1. The molecule has 0 spiro atoms. The lowest BCUT2D eigenvalue weighted by Gasteiger charge is -2.21. The van der Waals surface area contributed by atoms with Crippen LogP contribution < -0.4 is 4.90 Å². The number of aromatic nitrogens is 2. The number of nitro groups is 1. The van der Waals surface area contributed by atoms with Crippen molar-refractivity contribution in [2.24, 2.45) is 7.05 Å². The Bertz CT molecular complexity index is 499. The van der Waals surface area contributed by atoms with Gasteiger partial charge in [0.25, 0.3) is 0 Å². The molecular weight excluding hydrogens is 252 g/mol. The summed E-state index contributed by atoms with van der Waals surface area (Å²) in [6.45, 7) is 2.61. The Morgan fingerprint density at radius 1 is 1.68 bits per heavy atom. The van der Waals surface area contributed by atoms with E-state index in [1.54, 1.807) is 18.9 Å². The van der Waals surface area contributed by atoms with Crippen molar-refractivity contribution >= 4 is 17.5 Å². The average molecular weight is 268 g/mol. The Kier molecular flexibility index (Phi) is 3.68. The van der Waals surface area contributed by atoms with Crippen LogP contribution in [0.5, 0.6) is 0 Å². The van der Waals surface area contributed by atoms with Crippen LogP contribution in [0.1, 0.15) is 19.8 Å². The Labute approximate surface area is 110 Å². The van der Waals surface area contributed by atoms with E-state index in [0.717, 1.165) is 6.42 Å². The molecule has 1 aromatic rings. The van der Waals surface area contributed by atoms with Crippen LogP contribution in [-0.4, -0.2) is 39.9 Å². The van der Waals surface area contributed by atoms with Gasteiger partial charge < -0.3 is 9.64 Å². The molecule has 8 nitrogen and oxygen atoms in total. The summed E-state index contributed by atoms with van der Waals surface area (Å²) in [7, 11) is 1.62. The third-order valence-corrected chi connectivity index (χ3v) is 3.07. The first-order chi connectivity index (χ1) is 9.04. The molecule has 1 unspecified atom stereocenters. The van der Waals surface area contributed by atoms with Crippen LogP contribution in [0.3, 0.4) is 0 Å². The number of ether oxygens (including phenoxy) is 1. The number of nitrogens with zero attached hydrogens (tertiary/aromatic N) is 4. The first-order valence-electron chi connectivity index (χ1n) is 6.16. The van der Waals surface area contributed by atoms with E-state index >= 15 is 0 Å². The van der Waals surface area contributed by atoms with Gasteiger partial charge in [-0.05, 0) is 19.8 Å². The predicted octanol–water partition coefficient (Wildman–Crippen LogP) is 0.860. The smallest absolute Gasteiger partial charge is 0.330 e. The lowest BCUT2D eigenvalue weighted by molar-refractivity contribution is -0.384. The SMILES string of the molecule is CCOC(=O)C1CCCN1c1nn(C)cc1[N+](=O)[O-]. The highest BCUT2D eigenvalue weighted by atomic mass is 16.6. The maximum absolute atomic E-state index is 11.8. The van der Waals surface area contributed by atoms with Crippen molar-refractivity contribution in [3.63, 3.8) is 0 Å². The largest absolute Gasteiger partial charge is 0.464 e. The number of anilines is 1. The Hall–Kier alpha value is -2.12. The molecule has 1 fully saturated rings. The van der Waals surface area contributed by atoms with E-state index in [2.05, 4.69) is 5.10 Å². The molecule has 8 heteroatoms. The summed E-state index contributed by atoms with van der Waals surface area (Å²) in [6, 6.07) is -0.478. The van der Waals surface area contributed by atoms with Crippen LogP contribution in [-0.2, 0) is 16.6 Å². The number of hydrogen-bond donors (Lipinski definition) is 0. The lowest BCUT2D eigenvalue weighted by atomic mass is 10.2. The highest BCUT2D eigenvalue weighted by Crippen LogP contribution is 2.32. The number of esters is 1. The van der Waals surface area contributed by atoms with Gasteiger partial charge in [-0.25, -0.2) is 4.79 Å². The first-order valence-corrected chi connectivity index (χ1v) is 6.16. The van der Waals surface area contributed by atoms with E-state index in [0.29, 0.717) is 19.6 Å². The summed E-state index contributed by atoms with van der Waals surface area (Å²) in [6.07, 6.45) is 2.76. The van der Waals surface area contributed by atoms with E-state index in [1.165, 1.54) is 10.9 Å². The van der Waals surface area contributed by atoms with Gasteiger partial charge in [0.15, 0.2) is 0 Å². The van der Waals surface area contributed by atoms with Crippen molar-refractivity contribution in [2.75, 3.05) is 18.1 Å². The maximum Gasteiger partial charge on any atom is 0.330 e. The summed E-state index contributed by atoms with van der Waals surface area (Å²) in [5.41, 5.74) is -0.0845. The topological polar surface area (TPSA) is 90.5 Å². The number of carbonyl (C=O) groups is 1. The zero-order valence-corrected chi connectivity index (χ0v) is 10.9. The van der Waals surface area contributed by atoms with Gasteiger partial charge >= 0.3 is 11.7 Å². The second-order valence-corrected chi connectivity index (χ2v) is 4.37. The molecule has 1 atom stereocenters. The summed E-state index contributed by atoms with van der Waals surface area (Å²) >= 11 is 0. The fraction of sp³-hybridized carbons (Fsp3) is 0.636. The van der Waals surface area contributed by atoms with Crippen LogP contribution >= 0.6 is 0 Å². The van der Waals surface area contributed by atoms with Gasteiger partial charge in [-0.15, -0.1) is 5.10 Å². The fourth-order valence-corrected chi connectivity index (χ4v) is 2.30. The fourth-order valence-electron chi connectivity index (χ4n) is 2.30. The van der Waals surface area contributed by atoms with E-state index < -0.39 is 11.0 Å². The van der Waals surface area contributed by atoms with Crippen molar-refractivity contribution in [3.05, 3.63) is 16.3 Å². The standard InChI is InChI=1S/C11H16N4O4/c1-3-19-11(16)8-5-4-6-14(8)10-9(15(17)18)7-13(2)12-10/h7-8H,3-6H2,1-2H3. The van der Waals surface area contributed by atoms with E-state index in [-0.39, 0.29) is 17.5 Å². The highest BCUT2D eigenvalue weighted by Gasteiger charge is 2.37. The van der Waals surface area contributed by atoms with Gasteiger partial charge in [-0.1, -0.05) is 0 Å². The molecule has 0 aliphatic carbocycles. The van der Waals surface area contributed by atoms with Gasteiger partial charge in [0.1, 0.15) is 12.2 Å². The molecule has 0 bridgehead atoms. The average Bonchev–Trinajstić information content (AvgIpc) is 2.94. The third kappa shape index (κ3) is 2.51. The predicted molar refractivity (Wildman–Crippen MR) is 66.9 cm³/mol. The van der Waals surface area contributed by atoms with Crippen molar-refractivity contribution in [3.8, 4) is 0 Å². The summed E-state index contributed by atoms with van der Waals surface area (Å²) in [4.78, 5) is 24.0. The minimum atomic E-state index is -0.483. The molecule has 0 amide bonds. The molecule has 0 saturated carbocycles. The Morgan fingerprint density at radius 2 is 2.42 bits per heavy atom. The molecular formula is C11H16N4O4. The molecule has 1 aliphatic rings. The van der Waals surface area contributed by atoms with E-state index in [9.17, 15) is 14.9 Å². The normalized spacial score (nSPS) is 18.6. The number of rotatable bonds is 4. The van der Waals surface area contributed by atoms with E-state index in [1.807, 2.05) is 0 Å². The second-order valence-electron chi connectivity index (χ2n) is 4.37. The van der Waals surface area contributed by atoms with Crippen molar-refractivity contribution < 1.29 is 14.5 Å². The summed E-state index contributed by atoms with van der Waals surface area (Å²) in [5, 5.41) is 15.1. The van der Waals surface area contributed by atoms with Crippen LogP contribution in [0.4, 0.5) is 11.5 Å².